The maximum atomic E-state index is 11.9. The van der Waals surface area contributed by atoms with Crippen LogP contribution in [-0.4, -0.2) is 54.6 Å². The number of hydroxylamine groups is 2. The van der Waals surface area contributed by atoms with Gasteiger partial charge in [0.2, 0.25) is 5.76 Å². The topological polar surface area (TPSA) is 171 Å². The predicted molar refractivity (Wildman–Crippen MR) is 116 cm³/mol. The molecule has 0 spiro atoms. The first-order valence-corrected chi connectivity index (χ1v) is 9.61. The fourth-order valence-electron chi connectivity index (χ4n) is 3.09. The number of carbonyl (C=O) groups excluding carboxylic acids is 1. The molecule has 0 saturated carbocycles. The van der Waals surface area contributed by atoms with Crippen LogP contribution in [0.25, 0.3) is 11.4 Å². The number of aliphatic carboxylic acids is 1. The van der Waals surface area contributed by atoms with Crippen molar-refractivity contribution in [2.45, 2.75) is 12.5 Å². The van der Waals surface area contributed by atoms with Gasteiger partial charge >= 0.3 is 5.97 Å². The Bertz CT molecular complexity index is 1280. The zero-order valence-corrected chi connectivity index (χ0v) is 17.6. The van der Waals surface area contributed by atoms with Gasteiger partial charge in [-0.05, 0) is 6.07 Å². The Labute approximate surface area is 191 Å². The van der Waals surface area contributed by atoms with Crippen LogP contribution in [0.5, 0.6) is 0 Å². The van der Waals surface area contributed by atoms with E-state index in [1.54, 1.807) is 36.3 Å². The highest BCUT2D eigenvalue weighted by molar-refractivity contribution is 5.83. The highest BCUT2D eigenvalue weighted by Crippen LogP contribution is 2.28. The monoisotopic (exact) mass is 467 g/mol. The lowest BCUT2D eigenvalue weighted by Gasteiger charge is -2.24. The zero-order chi connectivity index (χ0) is 24.8. The molecule has 1 heterocycles. The predicted octanol–water partition coefficient (Wildman–Crippen LogP) is 2.42. The van der Waals surface area contributed by atoms with E-state index in [2.05, 4.69) is 4.98 Å². The fourth-order valence-corrected chi connectivity index (χ4v) is 3.09. The van der Waals surface area contributed by atoms with E-state index < -0.39 is 33.2 Å². The van der Waals surface area contributed by atoms with Crippen LogP contribution in [-0.2, 0) is 20.8 Å². The van der Waals surface area contributed by atoms with Crippen LogP contribution >= 0.6 is 0 Å². The van der Waals surface area contributed by atoms with Crippen LogP contribution < -0.4 is 0 Å². The molecule has 0 radical (unpaired) electrons. The number of carboxylic acids is 1. The van der Waals surface area contributed by atoms with Crippen LogP contribution in [0.4, 0.5) is 11.4 Å². The molecule has 13 nitrogen and oxygen atoms in total. The molecule has 0 amide bonds. The van der Waals surface area contributed by atoms with Gasteiger partial charge < -0.3 is 9.94 Å². The van der Waals surface area contributed by atoms with Crippen molar-refractivity contribution in [2.75, 3.05) is 7.05 Å². The van der Waals surface area contributed by atoms with Crippen LogP contribution in [0.15, 0.2) is 61.1 Å². The second-order valence-corrected chi connectivity index (χ2v) is 6.95. The second kappa shape index (κ2) is 10.2. The van der Waals surface area contributed by atoms with Gasteiger partial charge in [0.25, 0.3) is 11.4 Å². The highest BCUT2D eigenvalue weighted by atomic mass is 16.7. The number of non-ortho nitro benzene ring substituents is 1. The Hall–Kier alpha value is -4.87. The van der Waals surface area contributed by atoms with Gasteiger partial charge in [-0.1, -0.05) is 30.3 Å². The standard InChI is InChI=1S/C21H17N5O8/c1-23(34-20(12-27)14-5-3-2-4-6-14)19(21(28)29)9-15-11-24(13-22-15)17-8-7-16(25(30)31)10-18(17)26(32)33/h2-8,10-11,13,19H,9H2,1H3,(H,28,29)/t19-/m0/s1. The van der Waals surface area contributed by atoms with Gasteiger partial charge in [0.05, 0.1) is 27.9 Å². The van der Waals surface area contributed by atoms with Crippen molar-refractivity contribution in [2.24, 2.45) is 0 Å². The van der Waals surface area contributed by atoms with Gasteiger partial charge in [-0.25, -0.2) is 9.78 Å². The minimum absolute atomic E-state index is 0.0149. The summed E-state index contributed by atoms with van der Waals surface area (Å²) in [5.41, 5.74) is -0.300. The minimum atomic E-state index is -1.28. The van der Waals surface area contributed by atoms with Crippen molar-refractivity contribution in [3.8, 4) is 5.69 Å². The first-order valence-electron chi connectivity index (χ1n) is 9.61. The first-order chi connectivity index (χ1) is 16.2. The normalized spacial score (nSPS) is 11.5. The molecule has 0 aliphatic carbocycles. The number of imidazole rings is 1. The number of carboxylic acid groups (broad SMARTS) is 1. The molecule has 0 saturated heterocycles. The molecule has 0 aliphatic heterocycles. The van der Waals surface area contributed by atoms with E-state index >= 15 is 0 Å². The summed E-state index contributed by atoms with van der Waals surface area (Å²) in [5, 5.41) is 33.0. The van der Waals surface area contributed by atoms with Gasteiger partial charge in [0, 0.05) is 31.3 Å². The Kier molecular flexibility index (Phi) is 7.11. The van der Waals surface area contributed by atoms with Crippen molar-refractivity contribution >= 4 is 29.0 Å². The van der Waals surface area contributed by atoms with Crippen LogP contribution in [0.2, 0.25) is 0 Å². The maximum absolute atomic E-state index is 11.9. The summed E-state index contributed by atoms with van der Waals surface area (Å²) in [5.74, 6) is 0.166. The van der Waals surface area contributed by atoms with Gasteiger partial charge in [-0.2, -0.15) is 0 Å². The van der Waals surface area contributed by atoms with E-state index in [-0.39, 0.29) is 23.6 Å². The van der Waals surface area contributed by atoms with E-state index in [1.807, 2.05) is 0 Å². The second-order valence-electron chi connectivity index (χ2n) is 6.95. The van der Waals surface area contributed by atoms with Crippen molar-refractivity contribution < 1.29 is 29.4 Å². The SMILES string of the molecule is CN(OC(=C=O)c1ccccc1)[C@@H](Cc1cn(-c2ccc([N+](=O)[O-])cc2[N+](=O)[O-])cn1)C(=O)O. The van der Waals surface area contributed by atoms with E-state index in [9.17, 15) is 34.9 Å². The summed E-state index contributed by atoms with van der Waals surface area (Å²) < 4.78 is 1.26. The highest BCUT2D eigenvalue weighted by Gasteiger charge is 2.28. The van der Waals surface area contributed by atoms with E-state index in [0.29, 0.717) is 5.56 Å². The summed E-state index contributed by atoms with van der Waals surface area (Å²) in [6, 6.07) is 10.2. The number of rotatable bonds is 10. The number of nitro benzene ring substituents is 2. The average Bonchev–Trinajstić information content (AvgIpc) is 3.29. The summed E-state index contributed by atoms with van der Waals surface area (Å²) in [6.07, 6.45) is 2.41. The van der Waals surface area contributed by atoms with Crippen molar-refractivity contribution in [1.29, 1.82) is 0 Å². The van der Waals surface area contributed by atoms with Crippen molar-refractivity contribution in [1.82, 2.24) is 14.6 Å². The molecule has 34 heavy (non-hydrogen) atoms. The molecule has 0 aliphatic rings. The Morgan fingerprint density at radius 1 is 1.21 bits per heavy atom. The number of hydrogen-bond acceptors (Lipinski definition) is 9. The van der Waals surface area contributed by atoms with Crippen LogP contribution in [0.3, 0.4) is 0 Å². The minimum Gasteiger partial charge on any atom is -0.480 e. The smallest absolute Gasteiger partial charge is 0.324 e. The number of benzene rings is 2. The molecule has 13 heteroatoms. The van der Waals surface area contributed by atoms with Gasteiger partial charge in [-0.3, -0.25) is 29.6 Å². The third-order valence-electron chi connectivity index (χ3n) is 4.77. The molecule has 0 unspecified atom stereocenters. The molecule has 0 bridgehead atoms. The number of hydrogen-bond donors (Lipinski definition) is 1. The molecule has 1 aromatic heterocycles. The largest absolute Gasteiger partial charge is 0.480 e. The van der Waals surface area contributed by atoms with Crippen LogP contribution in [0, 0.1) is 20.2 Å². The number of aromatic nitrogens is 2. The molecule has 1 N–H and O–H groups in total. The number of nitro groups is 2. The summed E-state index contributed by atoms with van der Waals surface area (Å²) in [6.45, 7) is 0. The lowest BCUT2D eigenvalue weighted by molar-refractivity contribution is -0.394. The molecule has 1 atom stereocenters. The first kappa shape index (κ1) is 23.8. The number of carbonyl (C=O) groups is 1. The lowest BCUT2D eigenvalue weighted by Crippen LogP contribution is -2.40. The Morgan fingerprint density at radius 3 is 2.50 bits per heavy atom. The van der Waals surface area contributed by atoms with Gasteiger partial charge in [0.1, 0.15) is 11.7 Å². The van der Waals surface area contributed by atoms with Crippen molar-refractivity contribution in [3.63, 3.8) is 0 Å². The molecule has 0 fully saturated rings. The maximum Gasteiger partial charge on any atom is 0.324 e. The molecule has 3 rings (SSSR count). The molecule has 2 aromatic carbocycles. The van der Waals surface area contributed by atoms with Gasteiger partial charge in [0.15, 0.2) is 5.94 Å². The third kappa shape index (κ3) is 5.30. The Balaban J connectivity index is 1.83. The Morgan fingerprint density at radius 2 is 1.91 bits per heavy atom. The lowest BCUT2D eigenvalue weighted by atomic mass is 10.1. The van der Waals surface area contributed by atoms with E-state index in [4.69, 9.17) is 4.84 Å². The van der Waals surface area contributed by atoms with Gasteiger partial charge in [-0.15, -0.1) is 5.06 Å². The number of nitrogens with zero attached hydrogens (tertiary/aromatic N) is 5. The van der Waals surface area contributed by atoms with Crippen molar-refractivity contribution in [3.05, 3.63) is 92.5 Å². The average molecular weight is 467 g/mol. The molecular formula is C21H17N5O8. The molecular weight excluding hydrogens is 450 g/mol. The number of likely N-dealkylation sites (N-methyl/N-ethyl adjacent to an activating group) is 1. The summed E-state index contributed by atoms with van der Waals surface area (Å²) in [4.78, 5) is 53.5. The van der Waals surface area contributed by atoms with E-state index in [0.717, 1.165) is 17.2 Å². The quantitative estimate of drug-likeness (QED) is 0.202. The molecule has 3 aromatic rings. The zero-order valence-electron chi connectivity index (χ0n) is 17.6. The fraction of sp³-hybridized carbons (Fsp3) is 0.143. The van der Waals surface area contributed by atoms with E-state index in [1.165, 1.54) is 30.2 Å². The summed E-state index contributed by atoms with van der Waals surface area (Å²) >= 11 is 0. The third-order valence-corrected chi connectivity index (χ3v) is 4.77. The molecule has 174 valence electrons. The van der Waals surface area contributed by atoms with Crippen LogP contribution in [0.1, 0.15) is 11.3 Å². The summed E-state index contributed by atoms with van der Waals surface area (Å²) in [7, 11) is 1.33.